The molecule has 0 unspecified atom stereocenters. The first kappa shape index (κ1) is 15.5. The Morgan fingerprint density at radius 1 is 1.21 bits per heavy atom. The molecule has 0 atom stereocenters. The van der Waals surface area contributed by atoms with Gasteiger partial charge in [0.25, 0.3) is 0 Å². The summed E-state index contributed by atoms with van der Waals surface area (Å²) in [6.07, 6.45) is 2.18. The van der Waals surface area contributed by atoms with Gasteiger partial charge < -0.3 is 9.47 Å². The number of benzene rings is 1. The number of carbonyl (C=O) groups is 1. The van der Waals surface area contributed by atoms with Crippen molar-refractivity contribution in [2.24, 2.45) is 0 Å². The van der Waals surface area contributed by atoms with E-state index in [0.29, 0.717) is 19.4 Å². The Hall–Kier alpha value is -1.51. The molecule has 0 aromatic heterocycles. The SMILES string of the molecule is CCC(C)(C)c1ccc(OCCCC(=O)OC)cc1. The van der Waals surface area contributed by atoms with Crippen molar-refractivity contribution in [1.29, 1.82) is 0 Å². The Morgan fingerprint density at radius 3 is 2.37 bits per heavy atom. The van der Waals surface area contributed by atoms with Crippen LogP contribution in [0.2, 0.25) is 0 Å². The highest BCUT2D eigenvalue weighted by Gasteiger charge is 2.17. The summed E-state index contributed by atoms with van der Waals surface area (Å²) in [6, 6.07) is 8.20. The average molecular weight is 264 g/mol. The Labute approximate surface area is 115 Å². The van der Waals surface area contributed by atoms with Gasteiger partial charge in [-0.05, 0) is 36.0 Å². The zero-order chi connectivity index (χ0) is 14.3. The van der Waals surface area contributed by atoms with Crippen LogP contribution in [0.4, 0.5) is 0 Å². The summed E-state index contributed by atoms with van der Waals surface area (Å²) in [6.45, 7) is 7.20. The van der Waals surface area contributed by atoms with Crippen LogP contribution in [-0.2, 0) is 14.9 Å². The molecule has 1 aromatic rings. The highest BCUT2D eigenvalue weighted by molar-refractivity contribution is 5.69. The number of carbonyl (C=O) groups excluding carboxylic acids is 1. The Kier molecular flexibility index (Phi) is 5.87. The van der Waals surface area contributed by atoms with E-state index in [2.05, 4.69) is 37.6 Å². The second-order valence-electron chi connectivity index (χ2n) is 5.29. The Balaban J connectivity index is 2.43. The minimum atomic E-state index is -0.191. The van der Waals surface area contributed by atoms with Crippen LogP contribution in [0.5, 0.6) is 5.75 Å². The fraction of sp³-hybridized carbons (Fsp3) is 0.562. The molecule has 106 valence electrons. The van der Waals surface area contributed by atoms with E-state index in [1.165, 1.54) is 12.7 Å². The quantitative estimate of drug-likeness (QED) is 0.556. The molecule has 0 heterocycles. The maximum atomic E-state index is 10.9. The first-order valence-corrected chi connectivity index (χ1v) is 6.79. The Morgan fingerprint density at radius 2 is 1.84 bits per heavy atom. The van der Waals surface area contributed by atoms with Crippen molar-refractivity contribution in [3.63, 3.8) is 0 Å². The third kappa shape index (κ3) is 4.93. The molecule has 0 aliphatic rings. The molecule has 0 bridgehead atoms. The first-order valence-electron chi connectivity index (χ1n) is 6.79. The average Bonchev–Trinajstić information content (AvgIpc) is 2.43. The van der Waals surface area contributed by atoms with Gasteiger partial charge in [0.1, 0.15) is 5.75 Å². The van der Waals surface area contributed by atoms with Crippen molar-refractivity contribution in [1.82, 2.24) is 0 Å². The normalized spacial score (nSPS) is 11.2. The fourth-order valence-corrected chi connectivity index (χ4v) is 1.72. The monoisotopic (exact) mass is 264 g/mol. The lowest BCUT2D eigenvalue weighted by Crippen LogP contribution is -2.15. The van der Waals surface area contributed by atoms with Crippen LogP contribution in [0.3, 0.4) is 0 Å². The van der Waals surface area contributed by atoms with E-state index < -0.39 is 0 Å². The number of esters is 1. The predicted molar refractivity (Wildman–Crippen MR) is 76.5 cm³/mol. The molecular formula is C16H24O3. The minimum Gasteiger partial charge on any atom is -0.494 e. The summed E-state index contributed by atoms with van der Waals surface area (Å²) >= 11 is 0. The lowest BCUT2D eigenvalue weighted by Gasteiger charge is -2.23. The van der Waals surface area contributed by atoms with Crippen molar-refractivity contribution >= 4 is 5.97 Å². The summed E-state index contributed by atoms with van der Waals surface area (Å²) in [5.41, 5.74) is 1.51. The van der Waals surface area contributed by atoms with Crippen molar-refractivity contribution in [2.75, 3.05) is 13.7 Å². The van der Waals surface area contributed by atoms with Crippen LogP contribution in [0.1, 0.15) is 45.6 Å². The smallest absolute Gasteiger partial charge is 0.305 e. The molecule has 0 spiro atoms. The summed E-state index contributed by atoms with van der Waals surface area (Å²) < 4.78 is 10.2. The summed E-state index contributed by atoms with van der Waals surface area (Å²) in [5.74, 6) is 0.657. The second kappa shape index (κ2) is 7.17. The van der Waals surface area contributed by atoms with Crippen LogP contribution < -0.4 is 4.74 Å². The molecule has 0 radical (unpaired) electrons. The molecule has 1 aromatic carbocycles. The van der Waals surface area contributed by atoms with Gasteiger partial charge in [0.05, 0.1) is 13.7 Å². The lowest BCUT2D eigenvalue weighted by molar-refractivity contribution is -0.140. The van der Waals surface area contributed by atoms with E-state index >= 15 is 0 Å². The summed E-state index contributed by atoms with van der Waals surface area (Å²) in [7, 11) is 1.40. The van der Waals surface area contributed by atoms with Gasteiger partial charge in [-0.15, -0.1) is 0 Å². The van der Waals surface area contributed by atoms with Gasteiger partial charge >= 0.3 is 5.97 Å². The summed E-state index contributed by atoms with van der Waals surface area (Å²) in [5, 5.41) is 0. The van der Waals surface area contributed by atoms with Crippen molar-refractivity contribution in [2.45, 2.75) is 45.4 Å². The van der Waals surface area contributed by atoms with E-state index in [1.807, 2.05) is 12.1 Å². The van der Waals surface area contributed by atoms with Gasteiger partial charge in [-0.25, -0.2) is 0 Å². The highest BCUT2D eigenvalue weighted by atomic mass is 16.5. The van der Waals surface area contributed by atoms with Crippen LogP contribution in [0, 0.1) is 0 Å². The van der Waals surface area contributed by atoms with Gasteiger partial charge in [0.2, 0.25) is 0 Å². The van der Waals surface area contributed by atoms with Gasteiger partial charge in [0.15, 0.2) is 0 Å². The maximum Gasteiger partial charge on any atom is 0.305 e. The minimum absolute atomic E-state index is 0.191. The van der Waals surface area contributed by atoms with E-state index in [0.717, 1.165) is 12.2 Å². The zero-order valence-corrected chi connectivity index (χ0v) is 12.4. The predicted octanol–water partition coefficient (Wildman–Crippen LogP) is 3.71. The molecule has 0 fully saturated rings. The van der Waals surface area contributed by atoms with Gasteiger partial charge in [0, 0.05) is 6.42 Å². The standard InChI is InChI=1S/C16H24O3/c1-5-16(2,3)13-8-10-14(11-9-13)19-12-6-7-15(17)18-4/h8-11H,5-7,12H2,1-4H3. The fourth-order valence-electron chi connectivity index (χ4n) is 1.72. The van der Waals surface area contributed by atoms with E-state index in [9.17, 15) is 4.79 Å². The third-order valence-electron chi connectivity index (χ3n) is 3.54. The number of methoxy groups -OCH3 is 1. The van der Waals surface area contributed by atoms with E-state index in [4.69, 9.17) is 4.74 Å². The maximum absolute atomic E-state index is 10.9. The Bertz CT molecular complexity index is 393. The van der Waals surface area contributed by atoms with Crippen molar-refractivity contribution < 1.29 is 14.3 Å². The zero-order valence-electron chi connectivity index (χ0n) is 12.4. The lowest BCUT2D eigenvalue weighted by atomic mass is 9.82. The van der Waals surface area contributed by atoms with Crippen LogP contribution in [0.15, 0.2) is 24.3 Å². The van der Waals surface area contributed by atoms with Crippen LogP contribution >= 0.6 is 0 Å². The highest BCUT2D eigenvalue weighted by Crippen LogP contribution is 2.28. The van der Waals surface area contributed by atoms with Gasteiger partial charge in [-0.2, -0.15) is 0 Å². The largest absolute Gasteiger partial charge is 0.494 e. The van der Waals surface area contributed by atoms with E-state index in [1.54, 1.807) is 0 Å². The molecule has 19 heavy (non-hydrogen) atoms. The number of hydrogen-bond donors (Lipinski definition) is 0. The molecule has 0 aliphatic heterocycles. The van der Waals surface area contributed by atoms with Gasteiger partial charge in [-0.3, -0.25) is 4.79 Å². The molecule has 0 N–H and O–H groups in total. The summed E-state index contributed by atoms with van der Waals surface area (Å²) in [4.78, 5) is 10.9. The number of hydrogen-bond acceptors (Lipinski definition) is 3. The second-order valence-corrected chi connectivity index (χ2v) is 5.29. The molecule has 0 saturated heterocycles. The molecule has 3 heteroatoms. The van der Waals surface area contributed by atoms with E-state index in [-0.39, 0.29) is 11.4 Å². The van der Waals surface area contributed by atoms with Crippen molar-refractivity contribution in [3.8, 4) is 5.75 Å². The molecule has 0 amide bonds. The van der Waals surface area contributed by atoms with Crippen molar-refractivity contribution in [3.05, 3.63) is 29.8 Å². The molecular weight excluding hydrogens is 240 g/mol. The van der Waals surface area contributed by atoms with Gasteiger partial charge in [-0.1, -0.05) is 32.9 Å². The molecule has 3 nitrogen and oxygen atoms in total. The third-order valence-corrected chi connectivity index (χ3v) is 3.54. The van der Waals surface area contributed by atoms with Crippen LogP contribution in [0.25, 0.3) is 0 Å². The molecule has 0 aliphatic carbocycles. The first-order chi connectivity index (χ1) is 8.99. The molecule has 0 saturated carbocycles. The topological polar surface area (TPSA) is 35.5 Å². The van der Waals surface area contributed by atoms with Crippen LogP contribution in [-0.4, -0.2) is 19.7 Å². The molecule has 1 rings (SSSR count). The number of rotatable bonds is 7. The number of ether oxygens (including phenoxy) is 2.